The molecule has 2 amide bonds. The summed E-state index contributed by atoms with van der Waals surface area (Å²) in [5, 5.41) is 2.40. The number of aryl methyl sites for hydroxylation is 1. The van der Waals surface area contributed by atoms with Gasteiger partial charge in [0.15, 0.2) is 0 Å². The van der Waals surface area contributed by atoms with Crippen molar-refractivity contribution in [1.29, 1.82) is 0 Å². The average molecular weight is 385 g/mol. The van der Waals surface area contributed by atoms with Crippen molar-refractivity contribution in [2.45, 2.75) is 44.6 Å². The van der Waals surface area contributed by atoms with Gasteiger partial charge < -0.3 is 15.5 Å². The van der Waals surface area contributed by atoms with Crippen LogP contribution in [0.25, 0.3) is 0 Å². The van der Waals surface area contributed by atoms with Crippen LogP contribution in [-0.4, -0.2) is 66.9 Å². The van der Waals surface area contributed by atoms with Crippen LogP contribution in [0.3, 0.4) is 0 Å². The number of carbonyl (C=O) groups is 2. The Hall–Kier alpha value is -1.76. The van der Waals surface area contributed by atoms with Crippen LogP contribution in [0.4, 0.5) is 0 Å². The number of nitrogens with two attached hydrogens (primary N) is 1. The number of likely N-dealkylation sites (tertiary alicyclic amines) is 2. The first-order valence-electron chi connectivity index (χ1n) is 10.8. The number of rotatable bonds is 6. The molecule has 0 aromatic heterocycles. The molecule has 0 spiro atoms. The van der Waals surface area contributed by atoms with E-state index in [0.29, 0.717) is 17.2 Å². The average Bonchev–Trinajstić information content (AvgIpc) is 3.00. The minimum absolute atomic E-state index is 0.241. The van der Waals surface area contributed by atoms with Crippen LogP contribution in [0.1, 0.15) is 58.4 Å². The van der Waals surface area contributed by atoms with E-state index in [9.17, 15) is 9.59 Å². The molecule has 152 valence electrons. The molecule has 0 unspecified atom stereocenters. The number of benzene rings is 1. The second kappa shape index (κ2) is 8.72. The van der Waals surface area contributed by atoms with Crippen LogP contribution >= 0.6 is 0 Å². The van der Waals surface area contributed by atoms with Gasteiger partial charge in [0.05, 0.1) is 11.1 Å². The topological polar surface area (TPSA) is 78.7 Å². The Morgan fingerprint density at radius 3 is 2.43 bits per heavy atom. The molecule has 0 saturated carbocycles. The van der Waals surface area contributed by atoms with E-state index in [1.807, 2.05) is 12.1 Å². The molecule has 3 heterocycles. The Balaban J connectivity index is 1.20. The lowest BCUT2D eigenvalue weighted by molar-refractivity contribution is 0.0879. The fraction of sp³-hybridized carbons (Fsp3) is 0.636. The molecule has 1 aromatic carbocycles. The van der Waals surface area contributed by atoms with Gasteiger partial charge in [-0.2, -0.15) is 0 Å². The lowest BCUT2D eigenvalue weighted by Gasteiger charge is -2.37. The number of imide groups is 1. The summed E-state index contributed by atoms with van der Waals surface area (Å²) in [6, 6.07) is 6.01. The van der Waals surface area contributed by atoms with Gasteiger partial charge in [0.2, 0.25) is 0 Å². The van der Waals surface area contributed by atoms with Gasteiger partial charge in [-0.25, -0.2) is 0 Å². The van der Waals surface area contributed by atoms with E-state index in [0.717, 1.165) is 43.7 Å². The van der Waals surface area contributed by atoms with E-state index < -0.39 is 0 Å². The highest BCUT2D eigenvalue weighted by Crippen LogP contribution is 2.23. The lowest BCUT2D eigenvalue weighted by atomic mass is 9.94. The molecule has 3 N–H and O–H groups in total. The molecule has 0 aliphatic carbocycles. The van der Waals surface area contributed by atoms with Crippen molar-refractivity contribution in [2.75, 3.05) is 39.3 Å². The molecule has 28 heavy (non-hydrogen) atoms. The Labute approximate surface area is 167 Å². The molecule has 0 radical (unpaired) electrons. The first-order chi connectivity index (χ1) is 13.6. The summed E-state index contributed by atoms with van der Waals surface area (Å²) in [5.41, 5.74) is 8.13. The second-order valence-electron chi connectivity index (χ2n) is 8.65. The van der Waals surface area contributed by atoms with Crippen molar-refractivity contribution in [3.8, 4) is 0 Å². The maximum Gasteiger partial charge on any atom is 0.259 e. The molecule has 2 fully saturated rings. The van der Waals surface area contributed by atoms with Gasteiger partial charge in [0.25, 0.3) is 11.8 Å². The zero-order valence-electron chi connectivity index (χ0n) is 16.7. The first kappa shape index (κ1) is 19.6. The van der Waals surface area contributed by atoms with Gasteiger partial charge in [-0.1, -0.05) is 12.1 Å². The minimum Gasteiger partial charge on any atom is -0.328 e. The number of nitrogens with one attached hydrogen (secondary N) is 1. The standard InChI is InChI=1S/C22H32N4O2/c23-18-8-13-26(14-9-18)15-16-6-11-25(12-7-16)10-2-4-17-3-1-5-19-20(17)22(28)24-21(19)27/h1,3,5,16,18H,2,4,6-15,23H2,(H,24,27,28). The number of amides is 2. The molecule has 1 aromatic rings. The zero-order chi connectivity index (χ0) is 19.5. The second-order valence-corrected chi connectivity index (χ2v) is 8.65. The van der Waals surface area contributed by atoms with Crippen LogP contribution in [0.5, 0.6) is 0 Å². The van der Waals surface area contributed by atoms with Crippen LogP contribution in [0.15, 0.2) is 18.2 Å². The predicted octanol–water partition coefficient (Wildman–Crippen LogP) is 1.64. The maximum atomic E-state index is 12.0. The summed E-state index contributed by atoms with van der Waals surface area (Å²) in [6.07, 6.45) is 6.71. The summed E-state index contributed by atoms with van der Waals surface area (Å²) < 4.78 is 0. The first-order valence-corrected chi connectivity index (χ1v) is 10.8. The normalized spacial score (nSPS) is 22.5. The molecule has 3 aliphatic heterocycles. The molecule has 6 heteroatoms. The molecule has 3 aliphatic rings. The lowest BCUT2D eigenvalue weighted by Crippen LogP contribution is -2.44. The largest absolute Gasteiger partial charge is 0.328 e. The molecule has 0 atom stereocenters. The Kier molecular flexibility index (Phi) is 6.09. The summed E-state index contributed by atoms with van der Waals surface area (Å²) in [6.45, 7) is 6.97. The molecule has 6 nitrogen and oxygen atoms in total. The molecular formula is C22H32N4O2. The fourth-order valence-corrected chi connectivity index (χ4v) is 4.89. The third-order valence-corrected chi connectivity index (χ3v) is 6.63. The van der Waals surface area contributed by atoms with Crippen LogP contribution in [0, 0.1) is 5.92 Å². The monoisotopic (exact) mass is 384 g/mol. The number of nitrogens with zero attached hydrogens (tertiary/aromatic N) is 2. The SMILES string of the molecule is NC1CCN(CC2CCN(CCCc3cccc4c3C(=O)NC4=O)CC2)CC1. The smallest absolute Gasteiger partial charge is 0.259 e. The zero-order valence-corrected chi connectivity index (χ0v) is 16.7. The van der Waals surface area contributed by atoms with E-state index in [1.54, 1.807) is 6.07 Å². The van der Waals surface area contributed by atoms with Crippen molar-refractivity contribution in [3.05, 3.63) is 34.9 Å². The van der Waals surface area contributed by atoms with Crippen molar-refractivity contribution >= 4 is 11.8 Å². The van der Waals surface area contributed by atoms with Crippen LogP contribution < -0.4 is 11.1 Å². The summed E-state index contributed by atoms with van der Waals surface area (Å²) in [7, 11) is 0. The Bertz CT molecular complexity index is 719. The minimum atomic E-state index is -0.264. The van der Waals surface area contributed by atoms with E-state index in [-0.39, 0.29) is 11.8 Å². The highest BCUT2D eigenvalue weighted by Gasteiger charge is 2.29. The highest BCUT2D eigenvalue weighted by atomic mass is 16.2. The van der Waals surface area contributed by atoms with E-state index in [4.69, 9.17) is 5.73 Å². The van der Waals surface area contributed by atoms with Gasteiger partial charge in [0.1, 0.15) is 0 Å². The van der Waals surface area contributed by atoms with Gasteiger partial charge in [-0.3, -0.25) is 14.9 Å². The highest BCUT2D eigenvalue weighted by molar-refractivity contribution is 6.22. The molecular weight excluding hydrogens is 352 g/mol. The summed E-state index contributed by atoms with van der Waals surface area (Å²) >= 11 is 0. The van der Waals surface area contributed by atoms with E-state index in [2.05, 4.69) is 15.1 Å². The van der Waals surface area contributed by atoms with Gasteiger partial charge >= 0.3 is 0 Å². The van der Waals surface area contributed by atoms with Gasteiger partial charge in [0, 0.05) is 12.6 Å². The fourth-order valence-electron chi connectivity index (χ4n) is 4.89. The molecule has 2 saturated heterocycles. The number of hydrogen-bond acceptors (Lipinski definition) is 5. The third-order valence-electron chi connectivity index (χ3n) is 6.63. The van der Waals surface area contributed by atoms with Gasteiger partial charge in [-0.05, 0) is 88.8 Å². The summed E-state index contributed by atoms with van der Waals surface area (Å²) in [4.78, 5) is 29.0. The Morgan fingerprint density at radius 1 is 0.964 bits per heavy atom. The quantitative estimate of drug-likeness (QED) is 0.729. The predicted molar refractivity (Wildman–Crippen MR) is 109 cm³/mol. The van der Waals surface area contributed by atoms with Crippen molar-refractivity contribution in [2.24, 2.45) is 11.7 Å². The van der Waals surface area contributed by atoms with Crippen LogP contribution in [0.2, 0.25) is 0 Å². The number of carbonyl (C=O) groups excluding carboxylic acids is 2. The van der Waals surface area contributed by atoms with Crippen molar-refractivity contribution < 1.29 is 9.59 Å². The number of fused-ring (bicyclic) bond motifs is 1. The maximum absolute atomic E-state index is 12.0. The number of piperidine rings is 2. The van der Waals surface area contributed by atoms with Crippen molar-refractivity contribution in [3.63, 3.8) is 0 Å². The van der Waals surface area contributed by atoms with Gasteiger partial charge in [-0.15, -0.1) is 0 Å². The molecule has 4 rings (SSSR count). The summed E-state index contributed by atoms with van der Waals surface area (Å²) in [5.74, 6) is 0.312. The van der Waals surface area contributed by atoms with E-state index >= 15 is 0 Å². The third kappa shape index (κ3) is 4.45. The Morgan fingerprint density at radius 2 is 1.68 bits per heavy atom. The molecule has 0 bridgehead atoms. The van der Waals surface area contributed by atoms with E-state index in [1.165, 1.54) is 45.6 Å². The van der Waals surface area contributed by atoms with Crippen molar-refractivity contribution in [1.82, 2.24) is 15.1 Å². The van der Waals surface area contributed by atoms with Crippen LogP contribution in [-0.2, 0) is 6.42 Å². The number of hydrogen-bond donors (Lipinski definition) is 2.